The number of hydrogen-bond acceptors (Lipinski definition) is 5. The van der Waals surface area contributed by atoms with Gasteiger partial charge in [0.1, 0.15) is 6.61 Å². The number of para-hydroxylation sites is 1. The number of rotatable bonds is 7. The average Bonchev–Trinajstić information content (AvgIpc) is 3.07. The van der Waals surface area contributed by atoms with Gasteiger partial charge in [0.15, 0.2) is 0 Å². The first kappa shape index (κ1) is 18.1. The highest BCUT2D eigenvalue weighted by Gasteiger charge is 2.18. The van der Waals surface area contributed by atoms with E-state index in [2.05, 4.69) is 4.98 Å². The fourth-order valence-electron chi connectivity index (χ4n) is 2.81. The number of nitro benzene ring substituents is 1. The summed E-state index contributed by atoms with van der Waals surface area (Å²) in [6.45, 7) is -0.248. The van der Waals surface area contributed by atoms with Crippen LogP contribution in [0.25, 0.3) is 10.9 Å². The molecule has 3 rings (SSSR count). The van der Waals surface area contributed by atoms with E-state index in [1.807, 2.05) is 30.5 Å². The zero-order chi connectivity index (χ0) is 19.4. The lowest BCUT2D eigenvalue weighted by Gasteiger charge is -2.07. The molecular weight excluding hydrogens is 350 g/mol. The summed E-state index contributed by atoms with van der Waals surface area (Å²) in [7, 11) is 0. The molecule has 3 aromatic rings. The van der Waals surface area contributed by atoms with Crippen molar-refractivity contribution < 1.29 is 19.2 Å². The highest BCUT2D eigenvalue weighted by Crippen LogP contribution is 2.22. The first-order valence-corrected chi connectivity index (χ1v) is 8.23. The number of nitrogens with two attached hydrogens (primary N) is 1. The number of aromatic nitrogens is 1. The second-order valence-corrected chi connectivity index (χ2v) is 5.99. The fourth-order valence-corrected chi connectivity index (χ4v) is 2.81. The zero-order valence-electron chi connectivity index (χ0n) is 14.3. The molecule has 0 aliphatic rings. The van der Waals surface area contributed by atoms with Crippen LogP contribution >= 0.6 is 0 Å². The van der Waals surface area contributed by atoms with Gasteiger partial charge in [0, 0.05) is 35.2 Å². The van der Waals surface area contributed by atoms with Crippen LogP contribution in [0.2, 0.25) is 0 Å². The number of amides is 1. The number of benzene rings is 2. The van der Waals surface area contributed by atoms with E-state index in [9.17, 15) is 19.7 Å². The van der Waals surface area contributed by atoms with Crippen molar-refractivity contribution in [2.75, 3.05) is 0 Å². The predicted octanol–water partition coefficient (Wildman–Crippen LogP) is 2.85. The number of fused-ring (bicyclic) bond motifs is 1. The van der Waals surface area contributed by atoms with Gasteiger partial charge in [0.2, 0.25) is 5.91 Å². The van der Waals surface area contributed by atoms with Crippen LogP contribution in [-0.2, 0) is 22.6 Å². The SMILES string of the molecule is NC(=O)c1ccc(COC(=O)CCc2c[nH]c3ccccc23)c([N+](=O)[O-])c1. The van der Waals surface area contributed by atoms with E-state index in [-0.39, 0.29) is 29.8 Å². The number of nitrogens with one attached hydrogen (secondary N) is 1. The monoisotopic (exact) mass is 367 g/mol. The lowest BCUT2D eigenvalue weighted by molar-refractivity contribution is -0.385. The Hall–Kier alpha value is -3.68. The smallest absolute Gasteiger partial charge is 0.306 e. The first-order valence-electron chi connectivity index (χ1n) is 8.23. The minimum absolute atomic E-state index is 0.0242. The van der Waals surface area contributed by atoms with E-state index >= 15 is 0 Å². The Morgan fingerprint density at radius 1 is 1.15 bits per heavy atom. The van der Waals surface area contributed by atoms with E-state index in [4.69, 9.17) is 10.5 Å². The number of hydrogen-bond donors (Lipinski definition) is 2. The van der Waals surface area contributed by atoms with Crippen LogP contribution in [0.3, 0.4) is 0 Å². The van der Waals surface area contributed by atoms with Crippen LogP contribution in [0.4, 0.5) is 5.69 Å². The van der Waals surface area contributed by atoms with Gasteiger partial charge in [-0.1, -0.05) is 18.2 Å². The summed E-state index contributed by atoms with van der Waals surface area (Å²) in [5, 5.41) is 12.2. The van der Waals surface area contributed by atoms with Crippen molar-refractivity contribution in [2.45, 2.75) is 19.4 Å². The van der Waals surface area contributed by atoms with Gasteiger partial charge in [-0.3, -0.25) is 19.7 Å². The third-order valence-corrected chi connectivity index (χ3v) is 4.23. The van der Waals surface area contributed by atoms with E-state index in [1.54, 1.807) is 0 Å². The van der Waals surface area contributed by atoms with E-state index in [1.165, 1.54) is 12.1 Å². The Bertz CT molecular complexity index is 1030. The second-order valence-electron chi connectivity index (χ2n) is 5.99. The van der Waals surface area contributed by atoms with Crippen molar-refractivity contribution in [2.24, 2.45) is 5.73 Å². The molecule has 0 radical (unpaired) electrons. The summed E-state index contributed by atoms with van der Waals surface area (Å²) >= 11 is 0. The number of aromatic amines is 1. The van der Waals surface area contributed by atoms with Crippen LogP contribution in [0.15, 0.2) is 48.7 Å². The lowest BCUT2D eigenvalue weighted by atomic mass is 10.1. The quantitative estimate of drug-likeness (QED) is 0.377. The molecule has 0 unspecified atom stereocenters. The molecule has 0 fully saturated rings. The third kappa shape index (κ3) is 4.12. The van der Waals surface area contributed by atoms with Crippen LogP contribution in [-0.4, -0.2) is 21.8 Å². The predicted molar refractivity (Wildman–Crippen MR) is 98.0 cm³/mol. The van der Waals surface area contributed by atoms with Gasteiger partial charge < -0.3 is 15.5 Å². The van der Waals surface area contributed by atoms with Crippen molar-refractivity contribution in [3.8, 4) is 0 Å². The molecule has 8 nitrogen and oxygen atoms in total. The van der Waals surface area contributed by atoms with E-state index < -0.39 is 16.8 Å². The highest BCUT2D eigenvalue weighted by atomic mass is 16.6. The minimum atomic E-state index is -0.764. The minimum Gasteiger partial charge on any atom is -0.461 e. The maximum Gasteiger partial charge on any atom is 0.306 e. The maximum absolute atomic E-state index is 12.0. The highest BCUT2D eigenvalue weighted by molar-refractivity contribution is 5.93. The molecule has 0 aliphatic heterocycles. The lowest BCUT2D eigenvalue weighted by Crippen LogP contribution is -2.12. The van der Waals surface area contributed by atoms with Gasteiger partial charge in [-0.2, -0.15) is 0 Å². The van der Waals surface area contributed by atoms with Crippen LogP contribution in [0, 0.1) is 10.1 Å². The molecular formula is C19H17N3O5. The zero-order valence-corrected chi connectivity index (χ0v) is 14.3. The van der Waals surface area contributed by atoms with Gasteiger partial charge in [-0.05, 0) is 30.2 Å². The molecule has 0 atom stereocenters. The summed E-state index contributed by atoms with van der Waals surface area (Å²) in [5.74, 6) is -1.23. The normalized spacial score (nSPS) is 10.7. The van der Waals surface area contributed by atoms with Gasteiger partial charge in [-0.25, -0.2) is 0 Å². The molecule has 1 amide bonds. The van der Waals surface area contributed by atoms with Crippen LogP contribution in [0.5, 0.6) is 0 Å². The number of aryl methyl sites for hydroxylation is 1. The molecule has 138 valence electrons. The largest absolute Gasteiger partial charge is 0.461 e. The molecule has 2 aromatic carbocycles. The second kappa shape index (κ2) is 7.69. The molecule has 0 saturated heterocycles. The number of nitro groups is 1. The Kier molecular flexibility index (Phi) is 5.16. The maximum atomic E-state index is 12.0. The van der Waals surface area contributed by atoms with Gasteiger partial charge in [-0.15, -0.1) is 0 Å². The first-order chi connectivity index (χ1) is 13.0. The van der Waals surface area contributed by atoms with Crippen LogP contribution < -0.4 is 5.73 Å². The summed E-state index contributed by atoms with van der Waals surface area (Å²) in [6, 6.07) is 11.6. The van der Waals surface area contributed by atoms with E-state index in [0.717, 1.165) is 22.5 Å². The molecule has 1 heterocycles. The summed E-state index contributed by atoms with van der Waals surface area (Å²) in [4.78, 5) is 36.8. The van der Waals surface area contributed by atoms with Crippen LogP contribution in [0.1, 0.15) is 27.9 Å². The number of nitrogens with zero attached hydrogens (tertiary/aromatic N) is 1. The number of primary amides is 1. The number of carbonyl (C=O) groups excluding carboxylic acids is 2. The Morgan fingerprint density at radius 2 is 1.93 bits per heavy atom. The molecule has 3 N–H and O–H groups in total. The molecule has 27 heavy (non-hydrogen) atoms. The number of H-pyrrole nitrogens is 1. The van der Waals surface area contributed by atoms with Gasteiger partial charge in [0.25, 0.3) is 5.69 Å². The molecule has 1 aromatic heterocycles. The van der Waals surface area contributed by atoms with Crippen molar-refractivity contribution in [1.29, 1.82) is 0 Å². The fraction of sp³-hybridized carbons (Fsp3) is 0.158. The molecule has 8 heteroatoms. The average molecular weight is 367 g/mol. The van der Waals surface area contributed by atoms with Gasteiger partial charge >= 0.3 is 5.97 Å². The Morgan fingerprint density at radius 3 is 2.67 bits per heavy atom. The van der Waals surface area contributed by atoms with Crippen molar-refractivity contribution in [3.05, 3.63) is 75.5 Å². The number of esters is 1. The standard InChI is InChI=1S/C19H17N3O5/c20-19(24)12-5-6-14(17(9-12)22(25)26)11-27-18(23)8-7-13-10-21-16-4-2-1-3-15(13)16/h1-6,9-10,21H,7-8,11H2,(H2,20,24). The number of carbonyl (C=O) groups is 2. The Balaban J connectivity index is 1.62. The third-order valence-electron chi connectivity index (χ3n) is 4.23. The topological polar surface area (TPSA) is 128 Å². The van der Waals surface area contributed by atoms with E-state index in [0.29, 0.717) is 6.42 Å². The molecule has 0 saturated carbocycles. The molecule has 0 spiro atoms. The molecule has 0 aliphatic carbocycles. The summed E-state index contributed by atoms with van der Waals surface area (Å²) in [5.41, 5.74) is 7.04. The number of ether oxygens (including phenoxy) is 1. The van der Waals surface area contributed by atoms with Gasteiger partial charge in [0.05, 0.1) is 10.5 Å². The van der Waals surface area contributed by atoms with Crippen molar-refractivity contribution in [1.82, 2.24) is 4.98 Å². The summed E-state index contributed by atoms with van der Waals surface area (Å²) < 4.78 is 5.16. The van der Waals surface area contributed by atoms with Crippen molar-refractivity contribution in [3.63, 3.8) is 0 Å². The molecule has 0 bridgehead atoms. The van der Waals surface area contributed by atoms with Crippen molar-refractivity contribution >= 4 is 28.5 Å². The Labute approximate surface area is 154 Å². The summed E-state index contributed by atoms with van der Waals surface area (Å²) in [6.07, 6.45) is 2.49.